The molecule has 14 heavy (non-hydrogen) atoms. The molecule has 0 saturated heterocycles. The second kappa shape index (κ2) is 3.22. The van der Waals surface area contributed by atoms with Crippen LogP contribution in [0, 0.1) is 0 Å². The van der Waals surface area contributed by atoms with E-state index in [0.29, 0.717) is 5.39 Å². The Kier molecular flexibility index (Phi) is 2.05. The van der Waals surface area contributed by atoms with Crippen molar-refractivity contribution >= 4 is 27.4 Å². The van der Waals surface area contributed by atoms with Gasteiger partial charge in [0, 0.05) is 0 Å². The molecule has 6 heteroatoms. The minimum absolute atomic E-state index is 0.355. The average molecular weight is 210 g/mol. The summed E-state index contributed by atoms with van der Waals surface area (Å²) in [6.45, 7) is -0.398. The number of aromatic nitrogens is 2. The van der Waals surface area contributed by atoms with Crippen molar-refractivity contribution in [3.05, 3.63) is 28.0 Å². The molecule has 2 heterocycles. The van der Waals surface area contributed by atoms with Gasteiger partial charge in [-0.3, -0.25) is 9.59 Å². The minimum atomic E-state index is -1.07. The van der Waals surface area contributed by atoms with Crippen LogP contribution < -0.4 is 5.56 Å². The molecule has 1 N–H and O–H groups in total. The number of hydrogen-bond donors (Lipinski definition) is 1. The highest BCUT2D eigenvalue weighted by Crippen LogP contribution is 2.14. The maximum Gasteiger partial charge on any atom is 0.325 e. The zero-order chi connectivity index (χ0) is 10.1. The number of aliphatic carboxylic acids is 1. The number of carboxylic acids is 1. The van der Waals surface area contributed by atoms with E-state index in [1.165, 1.54) is 17.5 Å². The molecule has 0 bridgehead atoms. The Morgan fingerprint density at radius 1 is 1.64 bits per heavy atom. The Morgan fingerprint density at radius 2 is 2.43 bits per heavy atom. The van der Waals surface area contributed by atoms with Gasteiger partial charge in [0.05, 0.1) is 16.3 Å². The van der Waals surface area contributed by atoms with Crippen molar-refractivity contribution in [2.75, 3.05) is 0 Å². The molecule has 0 fully saturated rings. The topological polar surface area (TPSA) is 72.2 Å². The van der Waals surface area contributed by atoms with Crippen LogP contribution in [0.4, 0.5) is 0 Å². The molecule has 2 aromatic heterocycles. The first kappa shape index (κ1) is 8.89. The summed E-state index contributed by atoms with van der Waals surface area (Å²) in [6, 6.07) is 1.67. The summed E-state index contributed by atoms with van der Waals surface area (Å²) < 4.78 is 1.72. The van der Waals surface area contributed by atoms with Gasteiger partial charge < -0.3 is 5.11 Å². The van der Waals surface area contributed by atoms with Gasteiger partial charge in [0.15, 0.2) is 0 Å². The molecule has 0 unspecified atom stereocenters. The summed E-state index contributed by atoms with van der Waals surface area (Å²) in [5, 5.41) is 14.6. The third-order valence-corrected chi connectivity index (χ3v) is 2.61. The lowest BCUT2D eigenvalue weighted by molar-refractivity contribution is -0.137. The highest BCUT2D eigenvalue weighted by molar-refractivity contribution is 7.17. The molecule has 0 aliphatic rings. The number of rotatable bonds is 2. The average Bonchev–Trinajstić information content (AvgIpc) is 2.57. The molecule has 0 amide bonds. The molecular formula is C8H6N2O3S. The molecule has 72 valence electrons. The predicted octanol–water partition coefficient (Wildman–Crippen LogP) is 0.543. The van der Waals surface area contributed by atoms with Crippen LogP contribution >= 0.6 is 11.3 Å². The van der Waals surface area contributed by atoms with E-state index in [9.17, 15) is 9.59 Å². The van der Waals surface area contributed by atoms with Gasteiger partial charge in [-0.25, -0.2) is 4.68 Å². The van der Waals surface area contributed by atoms with Crippen LogP contribution in [0.3, 0.4) is 0 Å². The van der Waals surface area contributed by atoms with Crippen LogP contribution in [0.15, 0.2) is 22.4 Å². The van der Waals surface area contributed by atoms with Crippen LogP contribution in [0.2, 0.25) is 0 Å². The van der Waals surface area contributed by atoms with E-state index >= 15 is 0 Å². The van der Waals surface area contributed by atoms with Crippen molar-refractivity contribution in [2.45, 2.75) is 6.54 Å². The molecule has 2 rings (SSSR count). The Bertz CT molecular complexity index is 543. The van der Waals surface area contributed by atoms with Crippen LogP contribution in [-0.2, 0) is 11.3 Å². The van der Waals surface area contributed by atoms with E-state index in [1.807, 2.05) is 0 Å². The first-order valence-electron chi connectivity index (χ1n) is 3.83. The molecule has 0 atom stereocenters. The van der Waals surface area contributed by atoms with E-state index in [4.69, 9.17) is 5.11 Å². The fourth-order valence-electron chi connectivity index (χ4n) is 1.15. The van der Waals surface area contributed by atoms with Gasteiger partial charge in [-0.2, -0.15) is 5.10 Å². The summed E-state index contributed by atoms with van der Waals surface area (Å²) in [5.74, 6) is -1.07. The first-order chi connectivity index (χ1) is 6.68. The first-order valence-corrected chi connectivity index (χ1v) is 4.71. The SMILES string of the molecule is O=C(O)Cn1ncc2sccc2c1=O. The zero-order valence-electron chi connectivity index (χ0n) is 7.01. The van der Waals surface area contributed by atoms with Crippen molar-refractivity contribution < 1.29 is 9.90 Å². The van der Waals surface area contributed by atoms with Crippen LogP contribution in [0.1, 0.15) is 0 Å². The summed E-state index contributed by atoms with van der Waals surface area (Å²) in [4.78, 5) is 22.0. The van der Waals surface area contributed by atoms with E-state index in [-0.39, 0.29) is 5.56 Å². The number of carboxylic acid groups (broad SMARTS) is 1. The third kappa shape index (κ3) is 1.39. The molecule has 0 spiro atoms. The number of carbonyl (C=O) groups is 1. The monoisotopic (exact) mass is 210 g/mol. The van der Waals surface area contributed by atoms with Gasteiger partial charge in [-0.1, -0.05) is 0 Å². The number of nitrogens with zero attached hydrogens (tertiary/aromatic N) is 2. The lowest BCUT2D eigenvalue weighted by Crippen LogP contribution is -2.25. The lowest BCUT2D eigenvalue weighted by Gasteiger charge is -1.99. The Hall–Kier alpha value is -1.69. The van der Waals surface area contributed by atoms with Crippen molar-refractivity contribution in [1.82, 2.24) is 9.78 Å². The largest absolute Gasteiger partial charge is 0.480 e. The Morgan fingerprint density at radius 3 is 3.14 bits per heavy atom. The Balaban J connectivity index is 2.62. The summed E-state index contributed by atoms with van der Waals surface area (Å²) in [7, 11) is 0. The fraction of sp³-hybridized carbons (Fsp3) is 0.125. The highest BCUT2D eigenvalue weighted by Gasteiger charge is 2.07. The minimum Gasteiger partial charge on any atom is -0.480 e. The van der Waals surface area contributed by atoms with Crippen LogP contribution in [0.25, 0.3) is 10.1 Å². The quantitative estimate of drug-likeness (QED) is 0.785. The summed E-state index contributed by atoms with van der Waals surface area (Å²) >= 11 is 1.41. The van der Waals surface area contributed by atoms with E-state index in [0.717, 1.165) is 9.38 Å². The predicted molar refractivity (Wildman–Crippen MR) is 51.5 cm³/mol. The van der Waals surface area contributed by atoms with Crippen molar-refractivity contribution in [3.63, 3.8) is 0 Å². The normalized spacial score (nSPS) is 10.6. The Labute approximate surface area is 82.2 Å². The third-order valence-electron chi connectivity index (χ3n) is 1.76. The lowest BCUT2D eigenvalue weighted by atomic mass is 10.4. The van der Waals surface area contributed by atoms with E-state index in [2.05, 4.69) is 5.10 Å². The molecule has 0 saturated carbocycles. The van der Waals surface area contributed by atoms with Gasteiger partial charge in [0.1, 0.15) is 6.54 Å². The number of thiophene rings is 1. The maximum atomic E-state index is 11.6. The number of fused-ring (bicyclic) bond motifs is 1. The molecule has 0 aromatic carbocycles. The van der Waals surface area contributed by atoms with E-state index in [1.54, 1.807) is 11.4 Å². The summed E-state index contributed by atoms with van der Waals surface area (Å²) in [6.07, 6.45) is 1.50. The smallest absolute Gasteiger partial charge is 0.325 e. The maximum absolute atomic E-state index is 11.6. The van der Waals surface area contributed by atoms with Crippen LogP contribution in [-0.4, -0.2) is 20.9 Å². The van der Waals surface area contributed by atoms with Crippen molar-refractivity contribution in [3.8, 4) is 0 Å². The van der Waals surface area contributed by atoms with Gasteiger partial charge in [0.25, 0.3) is 5.56 Å². The molecule has 2 aromatic rings. The van der Waals surface area contributed by atoms with Gasteiger partial charge in [-0.05, 0) is 11.4 Å². The van der Waals surface area contributed by atoms with Crippen molar-refractivity contribution in [2.24, 2.45) is 0 Å². The number of hydrogen-bond acceptors (Lipinski definition) is 4. The molecule has 0 aliphatic carbocycles. The summed E-state index contributed by atoms with van der Waals surface area (Å²) in [5.41, 5.74) is -0.355. The standard InChI is InChI=1S/C8H6N2O3S/c11-7(12)4-10-8(13)5-1-2-14-6(5)3-9-10/h1-3H,4H2,(H,11,12). The molecular weight excluding hydrogens is 204 g/mol. The molecule has 0 radical (unpaired) electrons. The molecule has 5 nitrogen and oxygen atoms in total. The van der Waals surface area contributed by atoms with Gasteiger partial charge in [-0.15, -0.1) is 11.3 Å². The zero-order valence-corrected chi connectivity index (χ0v) is 7.82. The van der Waals surface area contributed by atoms with Gasteiger partial charge >= 0.3 is 5.97 Å². The fourth-order valence-corrected chi connectivity index (χ4v) is 1.89. The second-order valence-corrected chi connectivity index (χ2v) is 3.65. The second-order valence-electron chi connectivity index (χ2n) is 2.70. The van der Waals surface area contributed by atoms with Crippen molar-refractivity contribution in [1.29, 1.82) is 0 Å². The molecule has 0 aliphatic heterocycles. The van der Waals surface area contributed by atoms with Gasteiger partial charge in [0.2, 0.25) is 0 Å². The highest BCUT2D eigenvalue weighted by atomic mass is 32.1. The van der Waals surface area contributed by atoms with E-state index < -0.39 is 12.5 Å². The van der Waals surface area contributed by atoms with Crippen LogP contribution in [0.5, 0.6) is 0 Å².